The molecule has 1 atom stereocenters. The molecule has 5 nitrogen and oxygen atoms in total. The number of hydrogen-bond acceptors (Lipinski definition) is 4. The highest BCUT2D eigenvalue weighted by Crippen LogP contribution is 2.27. The highest BCUT2D eigenvalue weighted by atomic mass is 16.5. The van der Waals surface area contributed by atoms with E-state index in [0.29, 0.717) is 23.1 Å². The first kappa shape index (κ1) is 16.0. The standard InChI is InChI=1S/C19H18N2O3/c20-14(11-13-5-2-1-3-6-13)12-24-17-9-8-16-15(7-4-10-21-16)18(17)19(22)23/h1-10,14H,11-12,20H2,(H,22,23). The first-order chi connectivity index (χ1) is 11.6. The van der Waals surface area contributed by atoms with Gasteiger partial charge in [-0.2, -0.15) is 0 Å². The molecule has 3 rings (SSSR count). The molecule has 0 radical (unpaired) electrons. The van der Waals surface area contributed by atoms with Crippen molar-refractivity contribution in [1.29, 1.82) is 0 Å². The first-order valence-corrected chi connectivity index (χ1v) is 7.68. The van der Waals surface area contributed by atoms with Crippen LogP contribution in [0.25, 0.3) is 10.9 Å². The van der Waals surface area contributed by atoms with Gasteiger partial charge in [0.25, 0.3) is 0 Å². The lowest BCUT2D eigenvalue weighted by atomic mass is 10.1. The topological polar surface area (TPSA) is 85.4 Å². The zero-order chi connectivity index (χ0) is 16.9. The van der Waals surface area contributed by atoms with Crippen LogP contribution in [0.15, 0.2) is 60.8 Å². The fourth-order valence-electron chi connectivity index (χ4n) is 2.65. The lowest BCUT2D eigenvalue weighted by Crippen LogP contribution is -2.30. The predicted octanol–water partition coefficient (Wildman–Crippen LogP) is 2.88. The molecule has 0 aliphatic heterocycles. The monoisotopic (exact) mass is 322 g/mol. The van der Waals surface area contributed by atoms with Crippen LogP contribution in [0, 0.1) is 0 Å². The van der Waals surface area contributed by atoms with E-state index in [1.54, 1.807) is 30.5 Å². The number of carboxylic acids is 1. The molecule has 0 amide bonds. The Kier molecular flexibility index (Phi) is 4.72. The van der Waals surface area contributed by atoms with E-state index < -0.39 is 5.97 Å². The molecule has 3 N–H and O–H groups in total. The third-order valence-corrected chi connectivity index (χ3v) is 3.75. The van der Waals surface area contributed by atoms with E-state index in [4.69, 9.17) is 10.5 Å². The molecule has 5 heteroatoms. The number of aromatic carboxylic acids is 1. The molecule has 1 aromatic heterocycles. The van der Waals surface area contributed by atoms with Gasteiger partial charge in [0, 0.05) is 17.6 Å². The van der Waals surface area contributed by atoms with E-state index in [1.165, 1.54) is 0 Å². The summed E-state index contributed by atoms with van der Waals surface area (Å²) in [6, 6.07) is 16.5. The van der Waals surface area contributed by atoms with Crippen molar-refractivity contribution in [2.75, 3.05) is 6.61 Å². The maximum atomic E-state index is 11.6. The number of nitrogens with zero attached hydrogens (tertiary/aromatic N) is 1. The predicted molar refractivity (Wildman–Crippen MR) is 92.3 cm³/mol. The Labute approximate surface area is 139 Å². The van der Waals surface area contributed by atoms with E-state index in [2.05, 4.69) is 4.98 Å². The van der Waals surface area contributed by atoms with Gasteiger partial charge in [-0.25, -0.2) is 4.79 Å². The molecular weight excluding hydrogens is 304 g/mol. The average molecular weight is 322 g/mol. The van der Waals surface area contributed by atoms with E-state index in [-0.39, 0.29) is 18.2 Å². The smallest absolute Gasteiger partial charge is 0.340 e. The number of nitrogens with two attached hydrogens (primary N) is 1. The number of benzene rings is 2. The Morgan fingerprint density at radius 3 is 2.67 bits per heavy atom. The maximum Gasteiger partial charge on any atom is 0.340 e. The van der Waals surface area contributed by atoms with Crippen molar-refractivity contribution >= 4 is 16.9 Å². The second kappa shape index (κ2) is 7.10. The van der Waals surface area contributed by atoms with Crippen molar-refractivity contribution in [3.05, 3.63) is 71.9 Å². The summed E-state index contributed by atoms with van der Waals surface area (Å²) in [5.41, 5.74) is 7.97. The molecule has 0 aliphatic carbocycles. The van der Waals surface area contributed by atoms with E-state index in [1.807, 2.05) is 30.3 Å². The van der Waals surface area contributed by atoms with E-state index >= 15 is 0 Å². The van der Waals surface area contributed by atoms with Crippen molar-refractivity contribution in [3.63, 3.8) is 0 Å². The third-order valence-electron chi connectivity index (χ3n) is 3.75. The molecular formula is C19H18N2O3. The van der Waals surface area contributed by atoms with Crippen molar-refractivity contribution in [2.45, 2.75) is 12.5 Å². The molecule has 0 aliphatic rings. The molecule has 122 valence electrons. The number of ether oxygens (including phenoxy) is 1. The van der Waals surface area contributed by atoms with Gasteiger partial charge in [-0.3, -0.25) is 4.98 Å². The number of rotatable bonds is 6. The lowest BCUT2D eigenvalue weighted by Gasteiger charge is -2.15. The van der Waals surface area contributed by atoms with Crippen LogP contribution in [0.1, 0.15) is 15.9 Å². The summed E-state index contributed by atoms with van der Waals surface area (Å²) < 4.78 is 5.71. The van der Waals surface area contributed by atoms with Crippen LogP contribution < -0.4 is 10.5 Å². The summed E-state index contributed by atoms with van der Waals surface area (Å²) in [6.45, 7) is 0.237. The zero-order valence-electron chi connectivity index (χ0n) is 13.1. The van der Waals surface area contributed by atoms with Crippen LogP contribution >= 0.6 is 0 Å². The Morgan fingerprint density at radius 2 is 1.92 bits per heavy atom. The van der Waals surface area contributed by atoms with Crippen LogP contribution in [0.4, 0.5) is 0 Å². The molecule has 0 fully saturated rings. The highest BCUT2D eigenvalue weighted by Gasteiger charge is 2.17. The van der Waals surface area contributed by atoms with Gasteiger partial charge in [-0.05, 0) is 30.2 Å². The normalized spacial score (nSPS) is 12.0. The Bertz CT molecular complexity index is 850. The van der Waals surface area contributed by atoms with E-state index in [0.717, 1.165) is 5.56 Å². The summed E-state index contributed by atoms with van der Waals surface area (Å²) in [5, 5.41) is 10.1. The van der Waals surface area contributed by atoms with Crippen LogP contribution in [0.5, 0.6) is 5.75 Å². The first-order valence-electron chi connectivity index (χ1n) is 7.68. The van der Waals surface area contributed by atoms with Crippen LogP contribution in [0.3, 0.4) is 0 Å². The molecule has 0 bridgehead atoms. The Balaban J connectivity index is 1.77. The summed E-state index contributed by atoms with van der Waals surface area (Å²) in [5.74, 6) is -0.730. The molecule has 0 saturated heterocycles. The number of hydrogen-bond donors (Lipinski definition) is 2. The fraction of sp³-hybridized carbons (Fsp3) is 0.158. The molecule has 3 aromatic rings. The zero-order valence-corrected chi connectivity index (χ0v) is 13.1. The Hall–Kier alpha value is -2.92. The minimum absolute atomic E-state index is 0.118. The summed E-state index contributed by atoms with van der Waals surface area (Å²) in [6.07, 6.45) is 2.29. The van der Waals surface area contributed by atoms with Crippen molar-refractivity contribution < 1.29 is 14.6 Å². The van der Waals surface area contributed by atoms with Crippen molar-refractivity contribution in [3.8, 4) is 5.75 Å². The van der Waals surface area contributed by atoms with Gasteiger partial charge in [0.2, 0.25) is 0 Å². The van der Waals surface area contributed by atoms with Crippen LogP contribution in [-0.2, 0) is 6.42 Å². The lowest BCUT2D eigenvalue weighted by molar-refractivity contribution is 0.0694. The molecule has 1 heterocycles. The number of carboxylic acid groups (broad SMARTS) is 1. The van der Waals surface area contributed by atoms with Gasteiger partial charge in [0.05, 0.1) is 5.52 Å². The van der Waals surface area contributed by atoms with E-state index in [9.17, 15) is 9.90 Å². The minimum atomic E-state index is -1.04. The average Bonchev–Trinajstić information content (AvgIpc) is 2.60. The third kappa shape index (κ3) is 3.52. The van der Waals surface area contributed by atoms with Crippen LogP contribution in [-0.4, -0.2) is 28.7 Å². The minimum Gasteiger partial charge on any atom is -0.491 e. The number of carbonyl (C=O) groups is 1. The fourth-order valence-corrected chi connectivity index (χ4v) is 2.65. The second-order valence-electron chi connectivity index (χ2n) is 5.57. The molecule has 1 unspecified atom stereocenters. The van der Waals surface area contributed by atoms with Gasteiger partial charge in [-0.15, -0.1) is 0 Å². The molecule has 0 spiro atoms. The van der Waals surface area contributed by atoms with Gasteiger partial charge in [0.15, 0.2) is 0 Å². The highest BCUT2D eigenvalue weighted by molar-refractivity contribution is 6.05. The number of fused-ring (bicyclic) bond motifs is 1. The van der Waals surface area contributed by atoms with Gasteiger partial charge >= 0.3 is 5.97 Å². The summed E-state index contributed by atoms with van der Waals surface area (Å²) >= 11 is 0. The van der Waals surface area contributed by atoms with Crippen LogP contribution in [0.2, 0.25) is 0 Å². The van der Waals surface area contributed by atoms with Crippen molar-refractivity contribution in [2.24, 2.45) is 5.73 Å². The van der Waals surface area contributed by atoms with Crippen molar-refractivity contribution in [1.82, 2.24) is 4.98 Å². The van der Waals surface area contributed by atoms with Gasteiger partial charge in [0.1, 0.15) is 17.9 Å². The molecule has 0 saturated carbocycles. The Morgan fingerprint density at radius 1 is 1.12 bits per heavy atom. The molecule has 24 heavy (non-hydrogen) atoms. The maximum absolute atomic E-state index is 11.6. The number of pyridine rings is 1. The van der Waals surface area contributed by atoms with Gasteiger partial charge < -0.3 is 15.6 Å². The summed E-state index contributed by atoms with van der Waals surface area (Å²) in [7, 11) is 0. The molecule has 2 aromatic carbocycles. The summed E-state index contributed by atoms with van der Waals surface area (Å²) in [4.78, 5) is 15.8. The quantitative estimate of drug-likeness (QED) is 0.729. The SMILES string of the molecule is NC(COc1ccc2ncccc2c1C(=O)O)Cc1ccccc1. The second-order valence-corrected chi connectivity index (χ2v) is 5.57. The number of aromatic nitrogens is 1. The van der Waals surface area contributed by atoms with Gasteiger partial charge in [-0.1, -0.05) is 36.4 Å². The largest absolute Gasteiger partial charge is 0.491 e.